The molecule has 1 amide bonds. The van der Waals surface area contributed by atoms with Crippen LogP contribution in [-0.2, 0) is 4.79 Å². The van der Waals surface area contributed by atoms with Crippen molar-refractivity contribution < 1.29 is 4.79 Å². The van der Waals surface area contributed by atoms with Gasteiger partial charge in [-0.3, -0.25) is 4.79 Å². The average Bonchev–Trinajstić information content (AvgIpc) is 2.27. The maximum atomic E-state index is 12.3. The number of carbonyl (C=O) groups is 1. The van der Waals surface area contributed by atoms with E-state index in [1.165, 1.54) is 0 Å². The van der Waals surface area contributed by atoms with Crippen LogP contribution in [0, 0.1) is 11.3 Å². The Bertz CT molecular complexity index is 265. The van der Waals surface area contributed by atoms with Gasteiger partial charge in [0, 0.05) is 32.6 Å². The summed E-state index contributed by atoms with van der Waals surface area (Å²) in [5.74, 6) is 0.531. The molecule has 0 radical (unpaired) electrons. The third-order valence-electron chi connectivity index (χ3n) is 3.47. The van der Waals surface area contributed by atoms with Gasteiger partial charge in [0.2, 0.25) is 5.91 Å². The van der Waals surface area contributed by atoms with Crippen LogP contribution in [0.3, 0.4) is 0 Å². The maximum absolute atomic E-state index is 12.3. The van der Waals surface area contributed by atoms with Crippen LogP contribution in [0.5, 0.6) is 0 Å². The van der Waals surface area contributed by atoms with Gasteiger partial charge in [-0.2, -0.15) is 0 Å². The summed E-state index contributed by atoms with van der Waals surface area (Å²) < 4.78 is 0. The molecule has 18 heavy (non-hydrogen) atoms. The fraction of sp³-hybridized carbons (Fsp3) is 0.929. The molecule has 0 bridgehead atoms. The highest BCUT2D eigenvalue weighted by atomic mass is 16.2. The van der Waals surface area contributed by atoms with Crippen LogP contribution in [0.2, 0.25) is 0 Å². The molecule has 1 rings (SSSR count). The molecule has 1 aliphatic rings. The SMILES string of the molecule is CN(CC(C)(C)C)C(=O)C1CCN(CCN)CC1. The van der Waals surface area contributed by atoms with E-state index < -0.39 is 0 Å². The van der Waals surface area contributed by atoms with Crippen LogP contribution < -0.4 is 5.73 Å². The van der Waals surface area contributed by atoms with Gasteiger partial charge in [0.05, 0.1) is 0 Å². The van der Waals surface area contributed by atoms with Gasteiger partial charge >= 0.3 is 0 Å². The fourth-order valence-electron chi connectivity index (χ4n) is 2.69. The van der Waals surface area contributed by atoms with Gasteiger partial charge in [-0.15, -0.1) is 0 Å². The molecule has 1 heterocycles. The fourth-order valence-corrected chi connectivity index (χ4v) is 2.69. The van der Waals surface area contributed by atoms with Gasteiger partial charge in [-0.1, -0.05) is 20.8 Å². The van der Waals surface area contributed by atoms with E-state index in [1.807, 2.05) is 11.9 Å². The third-order valence-corrected chi connectivity index (χ3v) is 3.47. The molecule has 0 aromatic heterocycles. The predicted octanol–water partition coefficient (Wildman–Crippen LogP) is 1.16. The molecular formula is C14H29N3O. The first-order chi connectivity index (χ1) is 8.33. The average molecular weight is 255 g/mol. The van der Waals surface area contributed by atoms with E-state index in [9.17, 15) is 4.79 Å². The Hall–Kier alpha value is -0.610. The van der Waals surface area contributed by atoms with Gasteiger partial charge in [0.25, 0.3) is 0 Å². The number of piperidine rings is 1. The molecule has 0 aromatic rings. The molecule has 1 aliphatic heterocycles. The van der Waals surface area contributed by atoms with Crippen LogP contribution in [0.1, 0.15) is 33.6 Å². The lowest BCUT2D eigenvalue weighted by Crippen LogP contribution is -2.44. The van der Waals surface area contributed by atoms with Gasteiger partial charge in [-0.25, -0.2) is 0 Å². The van der Waals surface area contributed by atoms with Crippen LogP contribution >= 0.6 is 0 Å². The van der Waals surface area contributed by atoms with Crippen molar-refractivity contribution in [3.8, 4) is 0 Å². The van der Waals surface area contributed by atoms with Crippen LogP contribution in [-0.4, -0.2) is 55.5 Å². The number of carbonyl (C=O) groups excluding carboxylic acids is 1. The molecule has 4 heteroatoms. The highest BCUT2D eigenvalue weighted by Crippen LogP contribution is 2.21. The number of likely N-dealkylation sites (tertiary alicyclic amines) is 1. The Morgan fingerprint density at radius 2 is 1.89 bits per heavy atom. The van der Waals surface area contributed by atoms with Crippen LogP contribution in [0.15, 0.2) is 0 Å². The lowest BCUT2D eigenvalue weighted by atomic mass is 9.92. The van der Waals surface area contributed by atoms with Crippen molar-refractivity contribution in [2.24, 2.45) is 17.1 Å². The summed E-state index contributed by atoms with van der Waals surface area (Å²) >= 11 is 0. The number of nitrogens with zero attached hydrogens (tertiary/aromatic N) is 2. The first-order valence-corrected chi connectivity index (χ1v) is 7.01. The van der Waals surface area contributed by atoms with Crippen molar-refractivity contribution in [1.82, 2.24) is 9.80 Å². The standard InChI is InChI=1S/C14H29N3O/c1-14(2,3)11-16(4)13(18)12-5-8-17(9-6-12)10-7-15/h12H,5-11,15H2,1-4H3. The summed E-state index contributed by atoms with van der Waals surface area (Å²) in [6.07, 6.45) is 1.96. The molecule has 0 aliphatic carbocycles. The Kier molecular flexibility index (Phi) is 5.60. The van der Waals surface area contributed by atoms with Gasteiger partial charge in [0.1, 0.15) is 0 Å². The molecule has 0 spiro atoms. The van der Waals surface area contributed by atoms with Crippen molar-refractivity contribution >= 4 is 5.91 Å². The van der Waals surface area contributed by atoms with Crippen LogP contribution in [0.25, 0.3) is 0 Å². The van der Waals surface area contributed by atoms with Crippen molar-refractivity contribution in [1.29, 1.82) is 0 Å². The van der Waals surface area contributed by atoms with E-state index in [1.54, 1.807) is 0 Å². The van der Waals surface area contributed by atoms with Crippen molar-refractivity contribution in [2.75, 3.05) is 39.8 Å². The summed E-state index contributed by atoms with van der Waals surface area (Å²) in [4.78, 5) is 16.6. The maximum Gasteiger partial charge on any atom is 0.225 e. The monoisotopic (exact) mass is 255 g/mol. The van der Waals surface area contributed by atoms with E-state index in [4.69, 9.17) is 5.73 Å². The minimum absolute atomic E-state index is 0.171. The Labute approximate surface area is 111 Å². The number of nitrogens with two attached hydrogens (primary N) is 1. The second kappa shape index (κ2) is 6.53. The molecule has 1 fully saturated rings. The summed E-state index contributed by atoms with van der Waals surface area (Å²) in [6.45, 7) is 11.0. The number of hydrogen-bond acceptors (Lipinski definition) is 3. The zero-order chi connectivity index (χ0) is 13.8. The highest BCUT2D eigenvalue weighted by Gasteiger charge is 2.28. The summed E-state index contributed by atoms with van der Waals surface area (Å²) in [5, 5.41) is 0. The highest BCUT2D eigenvalue weighted by molar-refractivity contribution is 5.78. The molecule has 0 saturated carbocycles. The third kappa shape index (κ3) is 4.94. The molecule has 0 unspecified atom stereocenters. The van der Waals surface area contributed by atoms with Gasteiger partial charge in [-0.05, 0) is 31.3 Å². The molecule has 106 valence electrons. The predicted molar refractivity (Wildman–Crippen MR) is 75.3 cm³/mol. The van der Waals surface area contributed by atoms with E-state index in [0.717, 1.165) is 39.0 Å². The Morgan fingerprint density at radius 3 is 2.33 bits per heavy atom. The van der Waals surface area contributed by atoms with E-state index in [0.29, 0.717) is 12.5 Å². The topological polar surface area (TPSA) is 49.6 Å². The summed E-state index contributed by atoms with van der Waals surface area (Å²) in [6, 6.07) is 0. The Balaban J connectivity index is 2.40. The summed E-state index contributed by atoms with van der Waals surface area (Å²) in [7, 11) is 1.93. The summed E-state index contributed by atoms with van der Waals surface area (Å²) in [5.41, 5.74) is 5.73. The zero-order valence-corrected chi connectivity index (χ0v) is 12.4. The Morgan fingerprint density at radius 1 is 1.33 bits per heavy atom. The van der Waals surface area contributed by atoms with Crippen molar-refractivity contribution in [3.63, 3.8) is 0 Å². The largest absolute Gasteiger partial charge is 0.345 e. The first-order valence-electron chi connectivity index (χ1n) is 7.01. The van der Waals surface area contributed by atoms with E-state index in [-0.39, 0.29) is 11.3 Å². The first kappa shape index (κ1) is 15.4. The molecular weight excluding hydrogens is 226 g/mol. The number of amides is 1. The van der Waals surface area contributed by atoms with E-state index in [2.05, 4.69) is 25.7 Å². The molecule has 2 N–H and O–H groups in total. The second-order valence-electron chi connectivity index (χ2n) is 6.66. The second-order valence-corrected chi connectivity index (χ2v) is 6.66. The van der Waals surface area contributed by atoms with Crippen molar-refractivity contribution in [2.45, 2.75) is 33.6 Å². The molecule has 1 saturated heterocycles. The molecule has 4 nitrogen and oxygen atoms in total. The lowest BCUT2D eigenvalue weighted by molar-refractivity contribution is -0.136. The number of rotatable bonds is 4. The van der Waals surface area contributed by atoms with Gasteiger partial charge in [0.15, 0.2) is 0 Å². The van der Waals surface area contributed by atoms with E-state index >= 15 is 0 Å². The number of hydrogen-bond donors (Lipinski definition) is 1. The van der Waals surface area contributed by atoms with Crippen LogP contribution in [0.4, 0.5) is 0 Å². The van der Waals surface area contributed by atoms with Gasteiger partial charge < -0.3 is 15.5 Å². The molecule has 0 atom stereocenters. The smallest absolute Gasteiger partial charge is 0.225 e. The minimum Gasteiger partial charge on any atom is -0.345 e. The zero-order valence-electron chi connectivity index (χ0n) is 12.4. The lowest BCUT2D eigenvalue weighted by Gasteiger charge is -2.34. The minimum atomic E-state index is 0.171. The van der Waals surface area contributed by atoms with Crippen molar-refractivity contribution in [3.05, 3.63) is 0 Å². The molecule has 0 aromatic carbocycles. The quantitative estimate of drug-likeness (QED) is 0.820. The normalized spacial score (nSPS) is 18.9.